The van der Waals surface area contributed by atoms with E-state index in [9.17, 15) is 0 Å². The molecule has 2 fully saturated rings. The fourth-order valence-corrected chi connectivity index (χ4v) is 3.07. The smallest absolute Gasteiger partial charge is 0.205 e. The zero-order valence-corrected chi connectivity index (χ0v) is 11.0. The molecule has 5 nitrogen and oxygen atoms in total. The van der Waals surface area contributed by atoms with Gasteiger partial charge in [0.25, 0.3) is 0 Å². The molecule has 2 aliphatic rings. The molecule has 0 amide bonds. The van der Waals surface area contributed by atoms with E-state index in [0.717, 1.165) is 38.2 Å². The van der Waals surface area contributed by atoms with Crippen LogP contribution < -0.4 is 10.2 Å². The van der Waals surface area contributed by atoms with E-state index < -0.39 is 0 Å². The number of nitrogens with zero attached hydrogens (tertiary/aromatic N) is 3. The third-order valence-electron chi connectivity index (χ3n) is 4.04. The summed E-state index contributed by atoms with van der Waals surface area (Å²) in [7, 11) is 1.74. The molecule has 2 unspecified atom stereocenters. The van der Waals surface area contributed by atoms with Crippen LogP contribution in [0, 0.1) is 0 Å². The second kappa shape index (κ2) is 5.28. The minimum atomic E-state index is 0.644. The van der Waals surface area contributed by atoms with Gasteiger partial charge in [-0.2, -0.15) is 0 Å². The number of hydrogen-bond acceptors (Lipinski definition) is 4. The van der Waals surface area contributed by atoms with Crippen LogP contribution in [-0.2, 0) is 11.3 Å². The number of hydrogen-bond donors (Lipinski definition) is 1. The second-order valence-corrected chi connectivity index (χ2v) is 5.29. The van der Waals surface area contributed by atoms with E-state index in [0.29, 0.717) is 6.04 Å². The lowest BCUT2D eigenvalue weighted by atomic mass is 10.1. The van der Waals surface area contributed by atoms with E-state index in [1.807, 2.05) is 12.4 Å². The summed E-state index contributed by atoms with van der Waals surface area (Å²) in [6.07, 6.45) is 7.82. The highest BCUT2D eigenvalue weighted by Gasteiger charge is 2.30. The number of imidazole rings is 1. The average Bonchev–Trinajstić information content (AvgIpc) is 2.94. The van der Waals surface area contributed by atoms with Crippen molar-refractivity contribution >= 4 is 5.95 Å². The van der Waals surface area contributed by atoms with Crippen molar-refractivity contribution in [1.82, 2.24) is 14.9 Å². The molecule has 0 spiro atoms. The monoisotopic (exact) mass is 250 g/mol. The third kappa shape index (κ3) is 2.37. The summed E-state index contributed by atoms with van der Waals surface area (Å²) in [5.41, 5.74) is 0. The molecule has 18 heavy (non-hydrogen) atoms. The maximum Gasteiger partial charge on any atom is 0.205 e. The number of methoxy groups -OCH3 is 1. The van der Waals surface area contributed by atoms with E-state index in [-0.39, 0.29) is 0 Å². The lowest BCUT2D eigenvalue weighted by Crippen LogP contribution is -2.36. The van der Waals surface area contributed by atoms with E-state index in [2.05, 4.69) is 19.8 Å². The van der Waals surface area contributed by atoms with Crippen molar-refractivity contribution in [3.63, 3.8) is 0 Å². The predicted octanol–water partition coefficient (Wildman–Crippen LogP) is 0.860. The van der Waals surface area contributed by atoms with Gasteiger partial charge in [-0.1, -0.05) is 0 Å². The maximum absolute atomic E-state index is 5.15. The topological polar surface area (TPSA) is 42.3 Å². The van der Waals surface area contributed by atoms with Crippen LogP contribution in [0.1, 0.15) is 19.3 Å². The van der Waals surface area contributed by atoms with Gasteiger partial charge in [0.2, 0.25) is 5.95 Å². The summed E-state index contributed by atoms with van der Waals surface area (Å²) in [5, 5.41) is 3.70. The van der Waals surface area contributed by atoms with Gasteiger partial charge in [-0.15, -0.1) is 0 Å². The number of anilines is 1. The zero-order chi connectivity index (χ0) is 12.4. The lowest BCUT2D eigenvalue weighted by Gasteiger charge is -2.26. The summed E-state index contributed by atoms with van der Waals surface area (Å²) in [4.78, 5) is 6.95. The first kappa shape index (κ1) is 12.0. The van der Waals surface area contributed by atoms with E-state index in [1.54, 1.807) is 7.11 Å². The van der Waals surface area contributed by atoms with Crippen molar-refractivity contribution in [2.75, 3.05) is 31.7 Å². The average molecular weight is 250 g/mol. The molecule has 3 heterocycles. The predicted molar refractivity (Wildman–Crippen MR) is 70.9 cm³/mol. The quantitative estimate of drug-likeness (QED) is 0.860. The van der Waals surface area contributed by atoms with Gasteiger partial charge in [-0.05, 0) is 19.3 Å². The highest BCUT2D eigenvalue weighted by molar-refractivity contribution is 5.32. The van der Waals surface area contributed by atoms with Gasteiger partial charge in [0, 0.05) is 51.2 Å². The van der Waals surface area contributed by atoms with Crippen LogP contribution in [0.15, 0.2) is 12.4 Å². The van der Waals surface area contributed by atoms with Gasteiger partial charge >= 0.3 is 0 Å². The van der Waals surface area contributed by atoms with Crippen LogP contribution >= 0.6 is 0 Å². The fraction of sp³-hybridized carbons (Fsp3) is 0.769. The van der Waals surface area contributed by atoms with Crippen molar-refractivity contribution in [1.29, 1.82) is 0 Å². The molecular weight excluding hydrogens is 228 g/mol. The van der Waals surface area contributed by atoms with Gasteiger partial charge in [-0.25, -0.2) is 4.98 Å². The van der Waals surface area contributed by atoms with Crippen LogP contribution in [0.5, 0.6) is 0 Å². The molecule has 0 aromatic carbocycles. The van der Waals surface area contributed by atoms with Gasteiger partial charge in [-0.3, -0.25) is 0 Å². The lowest BCUT2D eigenvalue weighted by molar-refractivity contribution is 0.187. The number of aromatic nitrogens is 2. The van der Waals surface area contributed by atoms with Gasteiger partial charge in [0.15, 0.2) is 0 Å². The Labute approximate surface area is 108 Å². The van der Waals surface area contributed by atoms with Gasteiger partial charge in [0.05, 0.1) is 6.61 Å². The zero-order valence-electron chi connectivity index (χ0n) is 11.0. The molecule has 100 valence electrons. The van der Waals surface area contributed by atoms with Crippen molar-refractivity contribution in [2.24, 2.45) is 0 Å². The Kier molecular flexibility index (Phi) is 3.52. The van der Waals surface area contributed by atoms with Crippen molar-refractivity contribution in [3.05, 3.63) is 12.4 Å². The van der Waals surface area contributed by atoms with E-state index >= 15 is 0 Å². The van der Waals surface area contributed by atoms with Gasteiger partial charge in [0.1, 0.15) is 0 Å². The Hall–Kier alpha value is -1.07. The van der Waals surface area contributed by atoms with Crippen LogP contribution in [0.4, 0.5) is 5.95 Å². The standard InChI is InChI=1S/C13H22N4O/c1-18-9-8-16-7-5-14-13(16)17-6-4-11-2-3-12(10-17)15-11/h5,7,11-12,15H,2-4,6,8-10H2,1H3. The normalized spacial score (nSPS) is 27.5. The molecule has 5 heteroatoms. The Morgan fingerprint density at radius 1 is 1.39 bits per heavy atom. The first-order chi connectivity index (χ1) is 8.86. The summed E-state index contributed by atoms with van der Waals surface area (Å²) in [6.45, 7) is 3.81. The third-order valence-corrected chi connectivity index (χ3v) is 4.04. The summed E-state index contributed by atoms with van der Waals surface area (Å²) in [5.74, 6) is 1.10. The van der Waals surface area contributed by atoms with E-state index in [1.165, 1.54) is 19.3 Å². The molecule has 0 aliphatic carbocycles. The molecule has 1 aromatic rings. The van der Waals surface area contributed by atoms with Gasteiger partial charge < -0.3 is 19.5 Å². The van der Waals surface area contributed by atoms with Crippen LogP contribution in [0.2, 0.25) is 0 Å². The van der Waals surface area contributed by atoms with Crippen molar-refractivity contribution < 1.29 is 4.74 Å². The van der Waals surface area contributed by atoms with Crippen molar-refractivity contribution in [2.45, 2.75) is 37.9 Å². The summed E-state index contributed by atoms with van der Waals surface area (Å²) < 4.78 is 7.35. The second-order valence-electron chi connectivity index (χ2n) is 5.29. The minimum Gasteiger partial charge on any atom is -0.383 e. The highest BCUT2D eigenvalue weighted by Crippen LogP contribution is 2.23. The van der Waals surface area contributed by atoms with Crippen LogP contribution in [0.3, 0.4) is 0 Å². The number of fused-ring (bicyclic) bond motifs is 2. The van der Waals surface area contributed by atoms with Crippen molar-refractivity contribution in [3.8, 4) is 0 Å². The molecule has 2 aliphatic heterocycles. The number of rotatable bonds is 4. The molecule has 1 aromatic heterocycles. The SMILES string of the molecule is COCCn1ccnc1N1CCC2CCC(C1)N2. The molecule has 0 radical (unpaired) electrons. The minimum absolute atomic E-state index is 0.644. The Morgan fingerprint density at radius 3 is 3.17 bits per heavy atom. The fourth-order valence-electron chi connectivity index (χ4n) is 3.07. The Bertz CT molecular complexity index is 392. The molecule has 0 saturated carbocycles. The molecule has 2 atom stereocenters. The maximum atomic E-state index is 5.15. The Morgan fingerprint density at radius 2 is 2.28 bits per heavy atom. The first-order valence-electron chi connectivity index (χ1n) is 6.88. The summed E-state index contributed by atoms with van der Waals surface area (Å²) >= 11 is 0. The molecule has 2 saturated heterocycles. The van der Waals surface area contributed by atoms with Crippen LogP contribution in [-0.4, -0.2) is 48.4 Å². The Balaban J connectivity index is 1.71. The summed E-state index contributed by atoms with van der Waals surface area (Å²) in [6, 6.07) is 1.37. The first-order valence-corrected chi connectivity index (χ1v) is 6.88. The number of ether oxygens (including phenoxy) is 1. The molecule has 2 bridgehead atoms. The largest absolute Gasteiger partial charge is 0.383 e. The molecular formula is C13H22N4O. The van der Waals surface area contributed by atoms with E-state index in [4.69, 9.17) is 4.74 Å². The molecule has 3 rings (SSSR count). The number of nitrogens with one attached hydrogen (secondary N) is 1. The van der Waals surface area contributed by atoms with Crippen LogP contribution in [0.25, 0.3) is 0 Å². The molecule has 1 N–H and O–H groups in total. The highest BCUT2D eigenvalue weighted by atomic mass is 16.5.